The Balaban J connectivity index is 4.70. The van der Waals surface area contributed by atoms with Crippen LogP contribution in [0.15, 0.2) is 0 Å². The SMILES string of the molecule is CCCCC(C(=O)O)N(O)C(CCCC)C(=O)O. The lowest BCUT2D eigenvalue weighted by Gasteiger charge is -2.28. The van der Waals surface area contributed by atoms with Gasteiger partial charge in [-0.3, -0.25) is 9.59 Å². The summed E-state index contributed by atoms with van der Waals surface area (Å²) in [6.45, 7) is 3.82. The maximum absolute atomic E-state index is 11.1. The van der Waals surface area contributed by atoms with Gasteiger partial charge in [0, 0.05) is 0 Å². The van der Waals surface area contributed by atoms with E-state index in [0.717, 1.165) is 12.8 Å². The summed E-state index contributed by atoms with van der Waals surface area (Å²) in [7, 11) is 0. The molecular weight excluding hydrogens is 238 g/mol. The zero-order chi connectivity index (χ0) is 14.1. The van der Waals surface area contributed by atoms with E-state index in [9.17, 15) is 14.8 Å². The van der Waals surface area contributed by atoms with Crippen LogP contribution in [-0.2, 0) is 9.59 Å². The van der Waals surface area contributed by atoms with Gasteiger partial charge < -0.3 is 15.4 Å². The van der Waals surface area contributed by atoms with Gasteiger partial charge in [0.15, 0.2) is 0 Å². The summed E-state index contributed by atoms with van der Waals surface area (Å²) in [5.74, 6) is -2.37. The van der Waals surface area contributed by atoms with Crippen molar-refractivity contribution in [3.8, 4) is 0 Å². The highest BCUT2D eigenvalue weighted by molar-refractivity contribution is 5.77. The van der Waals surface area contributed by atoms with Crippen molar-refractivity contribution in [2.45, 2.75) is 64.5 Å². The molecule has 0 saturated heterocycles. The highest BCUT2D eigenvalue weighted by Crippen LogP contribution is 2.15. The topological polar surface area (TPSA) is 98.1 Å². The van der Waals surface area contributed by atoms with Crippen molar-refractivity contribution in [1.29, 1.82) is 0 Å². The minimum atomic E-state index is -1.19. The first-order valence-corrected chi connectivity index (χ1v) is 6.38. The van der Waals surface area contributed by atoms with E-state index in [4.69, 9.17) is 10.2 Å². The van der Waals surface area contributed by atoms with Crippen molar-refractivity contribution in [2.24, 2.45) is 0 Å². The van der Waals surface area contributed by atoms with Crippen molar-refractivity contribution in [3.05, 3.63) is 0 Å². The lowest BCUT2D eigenvalue weighted by atomic mass is 10.0. The van der Waals surface area contributed by atoms with Gasteiger partial charge in [0.2, 0.25) is 0 Å². The van der Waals surface area contributed by atoms with Gasteiger partial charge in [-0.25, -0.2) is 0 Å². The molecule has 2 unspecified atom stereocenters. The summed E-state index contributed by atoms with van der Waals surface area (Å²) < 4.78 is 0. The molecule has 0 radical (unpaired) electrons. The number of aliphatic carboxylic acids is 2. The van der Waals surface area contributed by atoms with Gasteiger partial charge in [0.25, 0.3) is 0 Å². The van der Waals surface area contributed by atoms with Gasteiger partial charge in [-0.15, -0.1) is 0 Å². The summed E-state index contributed by atoms with van der Waals surface area (Å²) in [4.78, 5) is 22.1. The Morgan fingerprint density at radius 2 is 1.28 bits per heavy atom. The predicted octanol–water partition coefficient (Wildman–Crippen LogP) is 1.96. The Labute approximate surface area is 107 Å². The van der Waals surface area contributed by atoms with Crippen molar-refractivity contribution in [1.82, 2.24) is 5.06 Å². The number of nitrogens with zero attached hydrogens (tertiary/aromatic N) is 1. The third-order valence-corrected chi connectivity index (χ3v) is 2.87. The van der Waals surface area contributed by atoms with Crippen molar-refractivity contribution in [2.75, 3.05) is 0 Å². The quantitative estimate of drug-likeness (QED) is 0.520. The zero-order valence-corrected chi connectivity index (χ0v) is 11.0. The van der Waals surface area contributed by atoms with E-state index in [0.29, 0.717) is 17.9 Å². The molecule has 106 valence electrons. The molecular formula is C12H23NO5. The van der Waals surface area contributed by atoms with E-state index >= 15 is 0 Å². The van der Waals surface area contributed by atoms with Gasteiger partial charge in [-0.2, -0.15) is 5.06 Å². The van der Waals surface area contributed by atoms with E-state index in [2.05, 4.69) is 0 Å². The summed E-state index contributed by atoms with van der Waals surface area (Å²) in [5, 5.41) is 28.4. The molecule has 0 saturated carbocycles. The Bertz CT molecular complexity index is 243. The largest absolute Gasteiger partial charge is 0.480 e. The molecule has 0 aromatic carbocycles. The molecule has 0 fully saturated rings. The molecule has 3 N–H and O–H groups in total. The smallest absolute Gasteiger partial charge is 0.323 e. The first kappa shape index (κ1) is 16.9. The van der Waals surface area contributed by atoms with Crippen LogP contribution in [0, 0.1) is 0 Å². The molecule has 0 aliphatic carbocycles. The summed E-state index contributed by atoms with van der Waals surface area (Å²) in [6.07, 6.45) is 3.35. The van der Waals surface area contributed by atoms with Gasteiger partial charge in [-0.05, 0) is 12.8 Å². The average Bonchev–Trinajstić information content (AvgIpc) is 2.29. The number of carboxylic acids is 2. The van der Waals surface area contributed by atoms with Crippen LogP contribution in [0.4, 0.5) is 0 Å². The number of rotatable bonds is 10. The van der Waals surface area contributed by atoms with Crippen molar-refractivity contribution in [3.63, 3.8) is 0 Å². The highest BCUT2D eigenvalue weighted by Gasteiger charge is 2.33. The molecule has 2 atom stereocenters. The van der Waals surface area contributed by atoms with Gasteiger partial charge >= 0.3 is 11.9 Å². The molecule has 0 bridgehead atoms. The van der Waals surface area contributed by atoms with Crippen molar-refractivity contribution < 1.29 is 25.0 Å². The molecule has 0 aliphatic heterocycles. The summed E-state index contributed by atoms with van der Waals surface area (Å²) >= 11 is 0. The summed E-state index contributed by atoms with van der Waals surface area (Å²) in [5.41, 5.74) is 0. The molecule has 0 aromatic rings. The van der Waals surface area contributed by atoms with Crippen molar-refractivity contribution >= 4 is 11.9 Å². The van der Waals surface area contributed by atoms with Crippen LogP contribution in [-0.4, -0.2) is 44.5 Å². The van der Waals surface area contributed by atoms with Gasteiger partial charge in [-0.1, -0.05) is 39.5 Å². The van der Waals surface area contributed by atoms with Crippen LogP contribution in [0.5, 0.6) is 0 Å². The van der Waals surface area contributed by atoms with Crippen LogP contribution in [0.1, 0.15) is 52.4 Å². The third kappa shape index (κ3) is 5.46. The zero-order valence-electron chi connectivity index (χ0n) is 11.0. The molecule has 0 amide bonds. The van der Waals surface area contributed by atoms with Crippen LogP contribution in [0.25, 0.3) is 0 Å². The Morgan fingerprint density at radius 1 is 0.944 bits per heavy atom. The monoisotopic (exact) mass is 261 g/mol. The van der Waals surface area contributed by atoms with E-state index < -0.39 is 24.0 Å². The number of hydrogen-bond acceptors (Lipinski definition) is 4. The second-order valence-corrected chi connectivity index (χ2v) is 4.37. The molecule has 18 heavy (non-hydrogen) atoms. The lowest BCUT2D eigenvalue weighted by Crippen LogP contribution is -2.48. The van der Waals surface area contributed by atoms with E-state index in [-0.39, 0.29) is 12.8 Å². The highest BCUT2D eigenvalue weighted by atomic mass is 16.5. The maximum atomic E-state index is 11.1. The van der Waals surface area contributed by atoms with Gasteiger partial charge in [0.1, 0.15) is 12.1 Å². The number of unbranched alkanes of at least 4 members (excludes halogenated alkanes) is 2. The van der Waals surface area contributed by atoms with Crippen LogP contribution in [0.2, 0.25) is 0 Å². The van der Waals surface area contributed by atoms with E-state index in [1.54, 1.807) is 0 Å². The molecule has 0 aromatic heterocycles. The third-order valence-electron chi connectivity index (χ3n) is 2.87. The lowest BCUT2D eigenvalue weighted by molar-refractivity contribution is -0.195. The number of carbonyl (C=O) groups is 2. The fourth-order valence-corrected chi connectivity index (χ4v) is 1.75. The van der Waals surface area contributed by atoms with E-state index in [1.165, 1.54) is 0 Å². The molecule has 0 rings (SSSR count). The van der Waals surface area contributed by atoms with Gasteiger partial charge in [0.05, 0.1) is 0 Å². The predicted molar refractivity (Wildman–Crippen MR) is 65.5 cm³/mol. The molecule has 0 aliphatic rings. The minimum absolute atomic E-state index is 0.248. The summed E-state index contributed by atoms with van der Waals surface area (Å²) in [6, 6.07) is -2.30. The molecule has 6 nitrogen and oxygen atoms in total. The van der Waals surface area contributed by atoms with E-state index in [1.807, 2.05) is 13.8 Å². The average molecular weight is 261 g/mol. The Kier molecular flexibility index (Phi) is 8.32. The molecule has 0 heterocycles. The second-order valence-electron chi connectivity index (χ2n) is 4.37. The molecule has 6 heteroatoms. The first-order valence-electron chi connectivity index (χ1n) is 6.38. The standard InChI is InChI=1S/C12H23NO5/c1-3-5-7-9(11(14)15)13(18)10(12(16)17)8-6-4-2/h9-10,18H,3-8H2,1-2H3,(H,14,15)(H,16,17). The minimum Gasteiger partial charge on any atom is -0.480 e. The number of hydrogen-bond donors (Lipinski definition) is 3. The van der Waals surface area contributed by atoms with Crippen LogP contribution in [0.3, 0.4) is 0 Å². The van der Waals surface area contributed by atoms with Crippen LogP contribution < -0.4 is 0 Å². The van der Waals surface area contributed by atoms with Crippen LogP contribution >= 0.6 is 0 Å². The fourth-order valence-electron chi connectivity index (χ4n) is 1.75. The maximum Gasteiger partial charge on any atom is 0.323 e. The number of hydroxylamine groups is 2. The molecule has 0 spiro atoms. The second kappa shape index (κ2) is 8.88. The normalized spacial score (nSPS) is 14.4. The Morgan fingerprint density at radius 3 is 1.50 bits per heavy atom. The first-order chi connectivity index (χ1) is 8.45. The number of carboxylic acid groups (broad SMARTS) is 2. The Hall–Kier alpha value is -1.14. The fraction of sp³-hybridized carbons (Fsp3) is 0.833.